The maximum atomic E-state index is 15.1. The van der Waals surface area contributed by atoms with E-state index >= 15 is 4.39 Å². The van der Waals surface area contributed by atoms with Crippen LogP contribution >= 0.6 is 11.6 Å². The lowest BCUT2D eigenvalue weighted by Crippen LogP contribution is -2.51. The van der Waals surface area contributed by atoms with Gasteiger partial charge >= 0.3 is 6.18 Å². The highest BCUT2D eigenvalue weighted by Crippen LogP contribution is 2.54. The Kier molecular flexibility index (Phi) is 7.65. The highest BCUT2D eigenvalue weighted by Gasteiger charge is 2.65. The molecule has 200 valence electrons. The first kappa shape index (κ1) is 27.4. The molecule has 0 spiro atoms. The summed E-state index contributed by atoms with van der Waals surface area (Å²) >= 11 is 5.87. The smallest absolute Gasteiger partial charge is 0.368 e. The van der Waals surface area contributed by atoms with E-state index in [1.165, 1.54) is 36.4 Å². The summed E-state index contributed by atoms with van der Waals surface area (Å²) in [5.41, 5.74) is 4.29. The van der Waals surface area contributed by atoms with E-state index in [0.29, 0.717) is 16.9 Å². The molecular formula is C25H21ClF4N4O4. The van der Waals surface area contributed by atoms with E-state index in [-0.39, 0.29) is 23.4 Å². The average molecular weight is 553 g/mol. The van der Waals surface area contributed by atoms with Gasteiger partial charge in [0, 0.05) is 29.1 Å². The van der Waals surface area contributed by atoms with Crippen molar-refractivity contribution in [1.82, 2.24) is 15.0 Å². The number of carbonyl (C=O) groups is 3. The summed E-state index contributed by atoms with van der Waals surface area (Å²) in [6.45, 7) is -1.05. The van der Waals surface area contributed by atoms with Crippen LogP contribution in [-0.2, 0) is 20.9 Å². The lowest BCUT2D eigenvalue weighted by atomic mass is 9.94. The molecule has 1 saturated carbocycles. The number of hydrogen-bond donors (Lipinski definition) is 1. The van der Waals surface area contributed by atoms with Gasteiger partial charge in [-0.25, -0.2) is 4.39 Å². The summed E-state index contributed by atoms with van der Waals surface area (Å²) in [6, 6.07) is 9.78. The van der Waals surface area contributed by atoms with E-state index in [1.54, 1.807) is 0 Å². The van der Waals surface area contributed by atoms with Crippen LogP contribution in [0.5, 0.6) is 0 Å². The minimum Gasteiger partial charge on any atom is -0.368 e. The minimum absolute atomic E-state index is 0.0162. The van der Waals surface area contributed by atoms with Crippen LogP contribution in [0.3, 0.4) is 0 Å². The van der Waals surface area contributed by atoms with Gasteiger partial charge in [-0.3, -0.25) is 14.5 Å². The van der Waals surface area contributed by atoms with Gasteiger partial charge in [-0.1, -0.05) is 41.0 Å². The van der Waals surface area contributed by atoms with Crippen LogP contribution in [0.2, 0.25) is 5.02 Å². The Morgan fingerprint density at radius 2 is 1.95 bits per heavy atom. The van der Waals surface area contributed by atoms with Gasteiger partial charge in [0.05, 0.1) is 12.5 Å². The molecule has 3 aromatic rings. The van der Waals surface area contributed by atoms with Gasteiger partial charge in [0.2, 0.25) is 18.1 Å². The quantitative estimate of drug-likeness (QED) is 0.216. The van der Waals surface area contributed by atoms with Crippen molar-refractivity contribution < 1.29 is 36.5 Å². The SMILES string of the molecule is NC(=O)C1(N(CC(=O)C(C=O)c2ccc(Cl)cc2)Cc2ccc(-c3ncon3)cc2F)CC1CC(F)(F)F. The molecule has 3 unspecified atom stereocenters. The number of halogens is 5. The minimum atomic E-state index is -4.59. The Labute approximate surface area is 218 Å². The lowest BCUT2D eigenvalue weighted by molar-refractivity contribution is -0.143. The highest BCUT2D eigenvalue weighted by molar-refractivity contribution is 6.30. The van der Waals surface area contributed by atoms with Crippen molar-refractivity contribution in [2.24, 2.45) is 11.7 Å². The van der Waals surface area contributed by atoms with E-state index in [2.05, 4.69) is 14.7 Å². The zero-order valence-corrected chi connectivity index (χ0v) is 20.4. The van der Waals surface area contributed by atoms with Gasteiger partial charge < -0.3 is 15.1 Å². The van der Waals surface area contributed by atoms with Crippen LogP contribution in [0.1, 0.15) is 29.9 Å². The standard InChI is InChI=1S/C25H21ClF4N4O4/c26-18-5-3-14(4-6-18)19(12-35)21(36)11-34(24(23(31)37)8-17(24)9-25(28,29)30)10-16-2-1-15(7-20(16)27)22-32-13-38-33-22/h1-7,12-13,17,19H,8-11H2,(H2,31,37). The van der Waals surface area contributed by atoms with Gasteiger partial charge in [0.1, 0.15) is 17.6 Å². The number of nitrogens with two attached hydrogens (primary N) is 1. The second-order valence-electron chi connectivity index (χ2n) is 9.06. The summed E-state index contributed by atoms with van der Waals surface area (Å²) in [6.07, 6.45) is -4.73. The molecule has 3 atom stereocenters. The number of Topliss-reactive ketones (excluding diaryl/α,β-unsaturated/α-hetero) is 1. The Bertz CT molecular complexity index is 1330. The Morgan fingerprint density at radius 3 is 2.50 bits per heavy atom. The first-order valence-corrected chi connectivity index (χ1v) is 11.7. The molecular weight excluding hydrogens is 532 g/mol. The van der Waals surface area contributed by atoms with E-state index in [1.807, 2.05) is 0 Å². The molecule has 0 saturated heterocycles. The molecule has 8 nitrogen and oxygen atoms in total. The Balaban J connectivity index is 1.66. The molecule has 0 radical (unpaired) electrons. The summed E-state index contributed by atoms with van der Waals surface area (Å²) in [5.74, 6) is -4.96. The van der Waals surface area contributed by atoms with Crippen LogP contribution < -0.4 is 5.73 Å². The molecule has 2 N–H and O–H groups in total. The number of nitrogens with zero attached hydrogens (tertiary/aromatic N) is 3. The first-order chi connectivity index (χ1) is 17.9. The molecule has 1 aliphatic carbocycles. The van der Waals surface area contributed by atoms with E-state index in [9.17, 15) is 27.6 Å². The van der Waals surface area contributed by atoms with Crippen LogP contribution in [0, 0.1) is 11.7 Å². The number of alkyl halides is 3. The molecule has 1 amide bonds. The fourth-order valence-electron chi connectivity index (χ4n) is 4.64. The number of benzene rings is 2. The largest absolute Gasteiger partial charge is 0.389 e. The van der Waals surface area contributed by atoms with Crippen LogP contribution in [0.4, 0.5) is 17.6 Å². The maximum Gasteiger partial charge on any atom is 0.389 e. The predicted octanol–water partition coefficient (Wildman–Crippen LogP) is 4.08. The monoisotopic (exact) mass is 552 g/mol. The van der Waals surface area contributed by atoms with Crippen molar-refractivity contribution in [3.63, 3.8) is 0 Å². The van der Waals surface area contributed by atoms with Crippen molar-refractivity contribution in [1.29, 1.82) is 0 Å². The molecule has 1 aromatic heterocycles. The Morgan fingerprint density at radius 1 is 1.24 bits per heavy atom. The van der Waals surface area contributed by atoms with Gasteiger partial charge in [-0.2, -0.15) is 18.2 Å². The van der Waals surface area contributed by atoms with E-state index in [4.69, 9.17) is 17.3 Å². The summed E-state index contributed by atoms with van der Waals surface area (Å²) in [7, 11) is 0. The number of hydrogen-bond acceptors (Lipinski definition) is 7. The van der Waals surface area contributed by atoms with Gasteiger partial charge in [-0.05, 0) is 36.1 Å². The normalized spacial score (nSPS) is 19.8. The van der Waals surface area contributed by atoms with E-state index < -0.39 is 60.6 Å². The molecule has 2 aromatic carbocycles. The molecule has 0 aliphatic heterocycles. The second-order valence-corrected chi connectivity index (χ2v) is 9.49. The number of rotatable bonds is 11. The third-order valence-electron chi connectivity index (χ3n) is 6.63. The van der Waals surface area contributed by atoms with Gasteiger partial charge in [-0.15, -0.1) is 0 Å². The fraction of sp³-hybridized carbons (Fsp3) is 0.320. The van der Waals surface area contributed by atoms with Crippen molar-refractivity contribution in [3.05, 3.63) is 70.8 Å². The third-order valence-corrected chi connectivity index (χ3v) is 6.89. The van der Waals surface area contributed by atoms with Crippen molar-refractivity contribution >= 4 is 29.6 Å². The van der Waals surface area contributed by atoms with Crippen molar-refractivity contribution in [2.45, 2.75) is 37.0 Å². The first-order valence-electron chi connectivity index (χ1n) is 11.3. The molecule has 4 rings (SSSR count). The average Bonchev–Trinajstić information content (AvgIpc) is 3.29. The summed E-state index contributed by atoms with van der Waals surface area (Å²) < 4.78 is 59.4. The summed E-state index contributed by atoms with van der Waals surface area (Å²) in [4.78, 5) is 42.6. The maximum absolute atomic E-state index is 15.1. The highest BCUT2D eigenvalue weighted by atomic mass is 35.5. The molecule has 0 bridgehead atoms. The topological polar surface area (TPSA) is 119 Å². The number of ketones is 1. The zero-order valence-electron chi connectivity index (χ0n) is 19.6. The van der Waals surface area contributed by atoms with Crippen molar-refractivity contribution in [2.75, 3.05) is 6.54 Å². The molecule has 13 heteroatoms. The van der Waals surface area contributed by atoms with Crippen LogP contribution in [-0.4, -0.2) is 51.3 Å². The molecule has 1 aliphatic rings. The zero-order chi connectivity index (χ0) is 27.7. The molecule has 1 heterocycles. The number of primary amides is 1. The number of aldehydes is 1. The Hall–Kier alpha value is -3.64. The van der Waals surface area contributed by atoms with Gasteiger partial charge in [0.15, 0.2) is 5.78 Å². The van der Waals surface area contributed by atoms with E-state index in [0.717, 1.165) is 17.4 Å². The van der Waals surface area contributed by atoms with Gasteiger partial charge in [0.25, 0.3) is 0 Å². The molecule has 1 fully saturated rings. The number of carbonyl (C=O) groups excluding carboxylic acids is 3. The summed E-state index contributed by atoms with van der Waals surface area (Å²) in [5, 5.41) is 3.99. The lowest BCUT2D eigenvalue weighted by Gasteiger charge is -2.31. The van der Waals surface area contributed by atoms with Crippen LogP contribution in [0.15, 0.2) is 53.4 Å². The number of aromatic nitrogens is 2. The third kappa shape index (κ3) is 5.76. The number of amides is 1. The van der Waals surface area contributed by atoms with Crippen molar-refractivity contribution in [3.8, 4) is 11.4 Å². The fourth-order valence-corrected chi connectivity index (χ4v) is 4.76. The second kappa shape index (κ2) is 10.6. The molecule has 38 heavy (non-hydrogen) atoms. The van der Waals surface area contributed by atoms with Crippen LogP contribution in [0.25, 0.3) is 11.4 Å². The predicted molar refractivity (Wildman–Crippen MR) is 126 cm³/mol.